The van der Waals surface area contributed by atoms with E-state index >= 15 is 0 Å². The summed E-state index contributed by atoms with van der Waals surface area (Å²) in [5, 5.41) is 3.26. The average molecular weight is 330 g/mol. The van der Waals surface area contributed by atoms with Crippen LogP contribution in [0.5, 0.6) is 0 Å². The van der Waals surface area contributed by atoms with E-state index in [0.717, 1.165) is 39.3 Å². The predicted octanol–water partition coefficient (Wildman–Crippen LogP) is 2.86. The quantitative estimate of drug-likeness (QED) is 0.706. The summed E-state index contributed by atoms with van der Waals surface area (Å²) in [5.41, 5.74) is 3.97. The van der Waals surface area contributed by atoms with Gasteiger partial charge < -0.3 is 14.8 Å². The molecule has 0 spiro atoms. The molecule has 0 saturated heterocycles. The minimum atomic E-state index is 0.747. The van der Waals surface area contributed by atoms with E-state index in [1.54, 1.807) is 7.11 Å². The molecule has 0 bridgehead atoms. The molecule has 19 heavy (non-hydrogen) atoms. The topological polar surface area (TPSA) is 30.5 Å². The van der Waals surface area contributed by atoms with Gasteiger partial charge >= 0.3 is 0 Å². The fourth-order valence-electron chi connectivity index (χ4n) is 1.84. The molecule has 0 aliphatic rings. The van der Waals surface area contributed by atoms with Crippen LogP contribution in [0.1, 0.15) is 16.7 Å². The maximum absolute atomic E-state index is 5.63. The average Bonchev–Trinajstić information content (AvgIpc) is 2.38. The first-order valence-electron chi connectivity index (χ1n) is 6.68. The molecule has 0 saturated carbocycles. The SMILES string of the molecule is COCCNCCOCCc1cc(C)c(Br)cc1C. The van der Waals surface area contributed by atoms with Crippen LogP contribution in [-0.2, 0) is 15.9 Å². The highest BCUT2D eigenvalue weighted by atomic mass is 79.9. The lowest BCUT2D eigenvalue weighted by atomic mass is 10.0. The van der Waals surface area contributed by atoms with Gasteiger partial charge in [0.25, 0.3) is 0 Å². The Hall–Kier alpha value is -0.420. The van der Waals surface area contributed by atoms with Gasteiger partial charge in [-0.05, 0) is 43.0 Å². The Morgan fingerprint density at radius 1 is 1.05 bits per heavy atom. The maximum atomic E-state index is 5.63. The first-order valence-corrected chi connectivity index (χ1v) is 7.47. The molecule has 3 nitrogen and oxygen atoms in total. The molecule has 0 radical (unpaired) electrons. The number of benzene rings is 1. The van der Waals surface area contributed by atoms with Crippen molar-refractivity contribution in [3.05, 3.63) is 33.3 Å². The first kappa shape index (κ1) is 16.6. The number of hydrogen-bond donors (Lipinski definition) is 1. The van der Waals surface area contributed by atoms with Gasteiger partial charge in [-0.1, -0.05) is 22.0 Å². The molecule has 0 atom stereocenters. The minimum Gasteiger partial charge on any atom is -0.383 e. The standard InChI is InChI=1S/C15H24BrNO2/c1-12-11-15(16)13(2)10-14(12)4-7-19-9-6-17-5-8-18-3/h10-11,17H,4-9H2,1-3H3. The first-order chi connectivity index (χ1) is 9.15. The smallest absolute Gasteiger partial charge is 0.0591 e. The van der Waals surface area contributed by atoms with E-state index in [0.29, 0.717) is 0 Å². The van der Waals surface area contributed by atoms with Gasteiger partial charge in [0, 0.05) is 24.7 Å². The van der Waals surface area contributed by atoms with Crippen LogP contribution in [0.25, 0.3) is 0 Å². The second kappa shape index (κ2) is 9.48. The van der Waals surface area contributed by atoms with Gasteiger partial charge in [-0.25, -0.2) is 0 Å². The van der Waals surface area contributed by atoms with Crippen LogP contribution in [-0.4, -0.2) is 40.0 Å². The van der Waals surface area contributed by atoms with Gasteiger partial charge in [0.15, 0.2) is 0 Å². The molecular weight excluding hydrogens is 306 g/mol. The molecule has 1 aromatic rings. The maximum Gasteiger partial charge on any atom is 0.0591 e. The molecule has 4 heteroatoms. The number of hydrogen-bond acceptors (Lipinski definition) is 3. The van der Waals surface area contributed by atoms with E-state index in [4.69, 9.17) is 9.47 Å². The summed E-state index contributed by atoms with van der Waals surface area (Å²) in [6.07, 6.45) is 0.970. The third-order valence-corrected chi connectivity index (χ3v) is 3.89. The summed E-state index contributed by atoms with van der Waals surface area (Å²) in [6.45, 7) is 8.29. The van der Waals surface area contributed by atoms with Crippen molar-refractivity contribution in [3.8, 4) is 0 Å². The zero-order chi connectivity index (χ0) is 14.1. The van der Waals surface area contributed by atoms with Gasteiger partial charge in [-0.15, -0.1) is 0 Å². The number of ether oxygens (including phenoxy) is 2. The van der Waals surface area contributed by atoms with Crippen molar-refractivity contribution in [2.45, 2.75) is 20.3 Å². The Morgan fingerprint density at radius 3 is 2.53 bits per heavy atom. The van der Waals surface area contributed by atoms with E-state index in [2.05, 4.69) is 47.2 Å². The molecule has 1 N–H and O–H groups in total. The van der Waals surface area contributed by atoms with Crippen LogP contribution < -0.4 is 5.32 Å². The van der Waals surface area contributed by atoms with Crippen molar-refractivity contribution < 1.29 is 9.47 Å². The highest BCUT2D eigenvalue weighted by Crippen LogP contribution is 2.21. The van der Waals surface area contributed by atoms with Crippen LogP contribution in [0.2, 0.25) is 0 Å². The van der Waals surface area contributed by atoms with Gasteiger partial charge in [0.1, 0.15) is 0 Å². The fourth-order valence-corrected chi connectivity index (χ4v) is 2.30. The Morgan fingerprint density at radius 2 is 1.79 bits per heavy atom. The van der Waals surface area contributed by atoms with Crippen LogP contribution >= 0.6 is 15.9 Å². The van der Waals surface area contributed by atoms with Crippen molar-refractivity contribution in [2.75, 3.05) is 40.0 Å². The largest absolute Gasteiger partial charge is 0.383 e. The fraction of sp³-hybridized carbons (Fsp3) is 0.600. The normalized spacial score (nSPS) is 10.9. The van der Waals surface area contributed by atoms with E-state index in [1.165, 1.54) is 21.2 Å². The molecule has 1 rings (SSSR count). The third kappa shape index (κ3) is 6.52. The van der Waals surface area contributed by atoms with E-state index in [-0.39, 0.29) is 0 Å². The Labute approximate surface area is 124 Å². The van der Waals surface area contributed by atoms with Gasteiger partial charge in [0.2, 0.25) is 0 Å². The number of methoxy groups -OCH3 is 1. The van der Waals surface area contributed by atoms with Gasteiger partial charge in [0.05, 0.1) is 19.8 Å². The third-order valence-electron chi connectivity index (χ3n) is 3.04. The predicted molar refractivity (Wildman–Crippen MR) is 82.9 cm³/mol. The zero-order valence-electron chi connectivity index (χ0n) is 12.1. The van der Waals surface area contributed by atoms with Crippen LogP contribution in [0.15, 0.2) is 16.6 Å². The van der Waals surface area contributed by atoms with Crippen LogP contribution in [0.4, 0.5) is 0 Å². The summed E-state index contributed by atoms with van der Waals surface area (Å²) in [5.74, 6) is 0. The van der Waals surface area contributed by atoms with E-state index < -0.39 is 0 Å². The van der Waals surface area contributed by atoms with Crippen molar-refractivity contribution in [1.29, 1.82) is 0 Å². The summed E-state index contributed by atoms with van der Waals surface area (Å²) in [7, 11) is 1.71. The summed E-state index contributed by atoms with van der Waals surface area (Å²) >= 11 is 3.55. The lowest BCUT2D eigenvalue weighted by molar-refractivity contribution is 0.135. The monoisotopic (exact) mass is 329 g/mol. The summed E-state index contributed by atoms with van der Waals surface area (Å²) in [4.78, 5) is 0. The van der Waals surface area contributed by atoms with Crippen molar-refractivity contribution >= 4 is 15.9 Å². The van der Waals surface area contributed by atoms with E-state index in [1.807, 2.05) is 0 Å². The van der Waals surface area contributed by atoms with E-state index in [9.17, 15) is 0 Å². The lowest BCUT2D eigenvalue weighted by Crippen LogP contribution is -2.23. The summed E-state index contributed by atoms with van der Waals surface area (Å²) < 4.78 is 11.8. The van der Waals surface area contributed by atoms with Crippen molar-refractivity contribution in [2.24, 2.45) is 0 Å². The Kier molecular flexibility index (Phi) is 8.30. The minimum absolute atomic E-state index is 0.747. The lowest BCUT2D eigenvalue weighted by Gasteiger charge is -2.10. The molecule has 108 valence electrons. The number of nitrogens with one attached hydrogen (secondary N) is 1. The number of halogens is 1. The molecule has 0 amide bonds. The number of aryl methyl sites for hydroxylation is 2. The molecule has 0 aliphatic heterocycles. The molecule has 0 heterocycles. The highest BCUT2D eigenvalue weighted by Gasteiger charge is 2.02. The zero-order valence-corrected chi connectivity index (χ0v) is 13.7. The Bertz CT molecular complexity index is 383. The van der Waals surface area contributed by atoms with Crippen molar-refractivity contribution in [3.63, 3.8) is 0 Å². The van der Waals surface area contributed by atoms with Gasteiger partial charge in [-0.2, -0.15) is 0 Å². The van der Waals surface area contributed by atoms with Gasteiger partial charge in [-0.3, -0.25) is 0 Å². The molecule has 0 aromatic heterocycles. The molecule has 0 fully saturated rings. The second-order valence-electron chi connectivity index (χ2n) is 4.63. The summed E-state index contributed by atoms with van der Waals surface area (Å²) in [6, 6.07) is 4.41. The van der Waals surface area contributed by atoms with Crippen LogP contribution in [0, 0.1) is 13.8 Å². The Balaban J connectivity index is 2.17. The van der Waals surface area contributed by atoms with Crippen molar-refractivity contribution in [1.82, 2.24) is 5.32 Å². The molecular formula is C15H24BrNO2. The molecule has 0 aliphatic carbocycles. The van der Waals surface area contributed by atoms with Crippen LogP contribution in [0.3, 0.4) is 0 Å². The number of rotatable bonds is 9. The molecule has 0 unspecified atom stereocenters. The second-order valence-corrected chi connectivity index (χ2v) is 5.49. The highest BCUT2D eigenvalue weighted by molar-refractivity contribution is 9.10. The molecule has 1 aromatic carbocycles.